The fourth-order valence-electron chi connectivity index (χ4n) is 3.21. The minimum Gasteiger partial charge on any atom is -0.465 e. The molecule has 1 aliphatic heterocycles. The van der Waals surface area contributed by atoms with Gasteiger partial charge in [0, 0.05) is 21.5 Å². The molecule has 0 unspecified atom stereocenters. The van der Waals surface area contributed by atoms with Crippen molar-refractivity contribution in [3.63, 3.8) is 0 Å². The lowest BCUT2D eigenvalue weighted by Gasteiger charge is -2.11. The Balaban J connectivity index is 1.91. The molecule has 2 amide bonds. The monoisotopic (exact) mass is 476 g/mol. The number of amides is 2. The molecule has 1 aromatic heterocycles. The smallest absolute Gasteiger partial charge is 0.326 e. The topological polar surface area (TPSA) is 68.6 Å². The Morgan fingerprint density at radius 1 is 1.21 bits per heavy atom. The summed E-state index contributed by atoms with van der Waals surface area (Å²) in [7, 11) is 0. The van der Waals surface area contributed by atoms with Gasteiger partial charge >= 0.3 is 5.97 Å². The second-order valence-electron chi connectivity index (χ2n) is 6.67. The summed E-state index contributed by atoms with van der Waals surface area (Å²) in [5.74, 6) is -1.07. The minimum atomic E-state index is -0.597. The maximum atomic E-state index is 12.6. The third-order valence-corrected chi connectivity index (χ3v) is 6.42. The van der Waals surface area contributed by atoms with E-state index in [1.165, 1.54) is 0 Å². The van der Waals surface area contributed by atoms with Crippen molar-refractivity contribution in [3.05, 3.63) is 56.2 Å². The number of ether oxygens (including phenoxy) is 1. The Morgan fingerprint density at radius 3 is 2.59 bits per heavy atom. The van der Waals surface area contributed by atoms with Crippen LogP contribution < -0.4 is 0 Å². The van der Waals surface area contributed by atoms with Crippen molar-refractivity contribution >= 4 is 50.9 Å². The number of imide groups is 1. The summed E-state index contributed by atoms with van der Waals surface area (Å²) in [5.41, 5.74) is 4.97. The number of rotatable bonds is 5. The molecule has 6 nitrogen and oxygen atoms in total. The number of hydrogen-bond donors (Lipinski definition) is 0. The number of esters is 1. The van der Waals surface area contributed by atoms with E-state index in [4.69, 9.17) is 4.74 Å². The number of carbonyl (C=O) groups is 3. The number of nitrogens with zero attached hydrogens (tertiary/aromatic N) is 2. The fourth-order valence-corrected chi connectivity index (χ4v) is 4.29. The van der Waals surface area contributed by atoms with E-state index in [-0.39, 0.29) is 13.2 Å². The van der Waals surface area contributed by atoms with Crippen molar-refractivity contribution in [2.45, 2.75) is 27.7 Å². The Labute approximate surface area is 182 Å². The molecule has 2 heterocycles. The summed E-state index contributed by atoms with van der Waals surface area (Å²) in [4.78, 5) is 37.7. The quantitative estimate of drug-likeness (QED) is 0.459. The number of aryl methyl sites for hydroxylation is 2. The molecule has 0 N–H and O–H groups in total. The molecule has 3 rings (SSSR count). The molecule has 0 atom stereocenters. The molecule has 0 spiro atoms. The number of hydrogen-bond acceptors (Lipinski definition) is 5. The van der Waals surface area contributed by atoms with Crippen molar-refractivity contribution in [3.8, 4) is 5.69 Å². The van der Waals surface area contributed by atoms with Crippen molar-refractivity contribution in [1.29, 1.82) is 0 Å². The molecule has 1 fully saturated rings. The lowest BCUT2D eigenvalue weighted by Crippen LogP contribution is -2.34. The van der Waals surface area contributed by atoms with Crippen molar-refractivity contribution < 1.29 is 19.1 Å². The van der Waals surface area contributed by atoms with Gasteiger partial charge < -0.3 is 9.30 Å². The van der Waals surface area contributed by atoms with Gasteiger partial charge in [-0.25, -0.2) is 0 Å². The summed E-state index contributed by atoms with van der Waals surface area (Å²) in [6, 6.07) is 8.09. The van der Waals surface area contributed by atoms with Crippen molar-refractivity contribution in [1.82, 2.24) is 9.47 Å². The lowest BCUT2D eigenvalue weighted by molar-refractivity contribution is -0.145. The lowest BCUT2D eigenvalue weighted by atomic mass is 10.2. The zero-order chi connectivity index (χ0) is 21.3. The van der Waals surface area contributed by atoms with Gasteiger partial charge in [-0.1, -0.05) is 15.9 Å². The molecule has 2 aromatic rings. The van der Waals surface area contributed by atoms with Gasteiger partial charge in [0.15, 0.2) is 0 Å². The fraction of sp³-hybridized carbons (Fsp3) is 0.286. The van der Waals surface area contributed by atoms with E-state index in [1.54, 1.807) is 13.0 Å². The van der Waals surface area contributed by atoms with Crippen LogP contribution in [0, 0.1) is 20.8 Å². The third kappa shape index (κ3) is 4.33. The molecule has 1 aliphatic rings. The van der Waals surface area contributed by atoms with Gasteiger partial charge in [0.1, 0.15) is 6.54 Å². The molecule has 8 heteroatoms. The summed E-state index contributed by atoms with van der Waals surface area (Å²) >= 11 is 4.35. The molecular weight excluding hydrogens is 456 g/mol. The van der Waals surface area contributed by atoms with Crippen LogP contribution in [-0.2, 0) is 14.3 Å². The van der Waals surface area contributed by atoms with Gasteiger partial charge in [-0.05, 0) is 80.9 Å². The number of aromatic nitrogens is 1. The Bertz CT molecular complexity index is 1040. The molecule has 0 aliphatic carbocycles. The highest BCUT2D eigenvalue weighted by molar-refractivity contribution is 9.10. The third-order valence-electron chi connectivity index (χ3n) is 4.62. The van der Waals surface area contributed by atoms with Gasteiger partial charge in [0.25, 0.3) is 11.1 Å². The van der Waals surface area contributed by atoms with Crippen LogP contribution in [0.1, 0.15) is 29.4 Å². The summed E-state index contributed by atoms with van der Waals surface area (Å²) in [5, 5.41) is -0.466. The van der Waals surface area contributed by atoms with Crippen LogP contribution in [0.4, 0.5) is 4.79 Å². The maximum absolute atomic E-state index is 12.6. The number of halogens is 1. The summed E-state index contributed by atoms with van der Waals surface area (Å²) in [6.45, 7) is 7.50. The highest BCUT2D eigenvalue weighted by Gasteiger charge is 2.36. The maximum Gasteiger partial charge on any atom is 0.326 e. The Hall–Kier alpha value is -2.32. The average Bonchev–Trinajstić information content (AvgIpc) is 3.08. The van der Waals surface area contributed by atoms with E-state index in [9.17, 15) is 14.4 Å². The van der Waals surface area contributed by atoms with Crippen LogP contribution >= 0.6 is 27.7 Å². The van der Waals surface area contributed by atoms with Gasteiger partial charge in [-0.2, -0.15) is 0 Å². The van der Waals surface area contributed by atoms with Crippen LogP contribution in [0.5, 0.6) is 0 Å². The molecule has 0 saturated carbocycles. The predicted octanol–water partition coefficient (Wildman–Crippen LogP) is 4.76. The molecule has 1 aromatic carbocycles. The van der Waals surface area contributed by atoms with E-state index >= 15 is 0 Å². The van der Waals surface area contributed by atoms with Crippen LogP contribution in [-0.4, -0.2) is 39.7 Å². The van der Waals surface area contributed by atoms with Gasteiger partial charge in [-0.3, -0.25) is 19.3 Å². The van der Waals surface area contributed by atoms with Gasteiger partial charge in [0.2, 0.25) is 0 Å². The van der Waals surface area contributed by atoms with E-state index in [0.717, 1.165) is 49.3 Å². The minimum absolute atomic E-state index is 0.201. The van der Waals surface area contributed by atoms with Crippen molar-refractivity contribution in [2.75, 3.05) is 13.2 Å². The van der Waals surface area contributed by atoms with E-state index < -0.39 is 17.1 Å². The highest BCUT2D eigenvalue weighted by Crippen LogP contribution is 2.34. The first kappa shape index (κ1) is 21.4. The number of carbonyl (C=O) groups excluding carboxylic acids is 3. The molecule has 29 heavy (non-hydrogen) atoms. The SMILES string of the molecule is CCOC(=O)CN1C(=O)S/C(=C\c2cc(C)n(-c3ccc(Br)c(C)c3)c2C)C1=O. The first-order chi connectivity index (χ1) is 13.7. The van der Waals surface area contributed by atoms with E-state index in [2.05, 4.69) is 26.6 Å². The zero-order valence-corrected chi connectivity index (χ0v) is 19.0. The van der Waals surface area contributed by atoms with E-state index in [1.807, 2.05) is 39.0 Å². The predicted molar refractivity (Wildman–Crippen MR) is 117 cm³/mol. The van der Waals surface area contributed by atoms with Crippen LogP contribution in [0.3, 0.4) is 0 Å². The van der Waals surface area contributed by atoms with Crippen LogP contribution in [0.15, 0.2) is 33.6 Å². The molecule has 0 bridgehead atoms. The van der Waals surface area contributed by atoms with Crippen LogP contribution in [0.25, 0.3) is 11.8 Å². The normalized spacial score (nSPS) is 15.5. The first-order valence-corrected chi connectivity index (χ1v) is 10.7. The Kier molecular flexibility index (Phi) is 6.33. The summed E-state index contributed by atoms with van der Waals surface area (Å²) < 4.78 is 7.98. The standard InChI is InChI=1S/C21H21BrN2O4S/c1-5-28-19(25)11-23-20(26)18(29-21(23)27)10-15-9-13(3)24(14(15)4)16-6-7-17(22)12(2)8-16/h6-10H,5,11H2,1-4H3/b18-10-. The number of thioether (sulfide) groups is 1. The second kappa shape index (κ2) is 8.59. The van der Waals surface area contributed by atoms with Gasteiger partial charge in [0.05, 0.1) is 11.5 Å². The molecule has 152 valence electrons. The summed E-state index contributed by atoms with van der Waals surface area (Å²) in [6.07, 6.45) is 1.71. The van der Waals surface area contributed by atoms with Crippen LogP contribution in [0.2, 0.25) is 0 Å². The molecular formula is C21H21BrN2O4S. The largest absolute Gasteiger partial charge is 0.465 e. The van der Waals surface area contributed by atoms with E-state index in [0.29, 0.717) is 4.91 Å². The van der Waals surface area contributed by atoms with Gasteiger partial charge in [-0.15, -0.1) is 0 Å². The zero-order valence-electron chi connectivity index (χ0n) is 16.6. The van der Waals surface area contributed by atoms with Crippen molar-refractivity contribution in [2.24, 2.45) is 0 Å². The second-order valence-corrected chi connectivity index (χ2v) is 8.52. The Morgan fingerprint density at radius 2 is 1.93 bits per heavy atom. The average molecular weight is 477 g/mol. The highest BCUT2D eigenvalue weighted by atomic mass is 79.9. The molecule has 1 saturated heterocycles. The first-order valence-electron chi connectivity index (χ1n) is 9.09. The number of benzene rings is 1. The molecule has 0 radical (unpaired) electrons.